The highest BCUT2D eigenvalue weighted by Gasteiger charge is 2.21. The minimum absolute atomic E-state index is 0.0221. The molecule has 7 nitrogen and oxygen atoms in total. The van der Waals surface area contributed by atoms with Gasteiger partial charge < -0.3 is 13.9 Å². The summed E-state index contributed by atoms with van der Waals surface area (Å²) in [6, 6.07) is 21.5. The van der Waals surface area contributed by atoms with Gasteiger partial charge in [-0.15, -0.1) is 0 Å². The number of primary sulfonamides is 1. The zero-order valence-electron chi connectivity index (χ0n) is 17.6. The third-order valence-corrected chi connectivity index (χ3v) is 5.91. The molecule has 32 heavy (non-hydrogen) atoms. The highest BCUT2D eigenvalue weighted by molar-refractivity contribution is 7.89. The minimum atomic E-state index is -3.80. The summed E-state index contributed by atoms with van der Waals surface area (Å²) in [5.74, 6) is 2.25. The van der Waals surface area contributed by atoms with E-state index in [0.717, 1.165) is 11.1 Å². The fraction of sp³-hybridized carbons (Fsp3) is 0.125. The van der Waals surface area contributed by atoms with E-state index in [1.165, 1.54) is 12.1 Å². The van der Waals surface area contributed by atoms with Crippen molar-refractivity contribution in [3.63, 3.8) is 0 Å². The average molecular weight is 451 g/mol. The van der Waals surface area contributed by atoms with E-state index in [1.54, 1.807) is 32.4 Å². The standard InChI is InChI=1S/C24H22N2O5S/c1-29-18-10-13-20(21(15-18)30-2)23-24(17-8-11-19(12-9-17)32(25,27)28)31-22(26-23)14-16-6-4-3-5-7-16/h3-13,15H,14H2,1-2H3,(H2,25,27,28). The summed E-state index contributed by atoms with van der Waals surface area (Å²) < 4.78 is 40.3. The number of sulfonamides is 1. The number of nitrogens with two attached hydrogens (primary N) is 1. The SMILES string of the molecule is COc1ccc(-c2nc(Cc3ccccc3)oc2-c2ccc(S(N)(=O)=O)cc2)c(OC)c1. The number of aromatic nitrogens is 1. The first kappa shape index (κ1) is 21.6. The van der Waals surface area contributed by atoms with Gasteiger partial charge in [-0.2, -0.15) is 0 Å². The molecule has 8 heteroatoms. The summed E-state index contributed by atoms with van der Waals surface area (Å²) >= 11 is 0. The Morgan fingerprint density at radius 2 is 1.66 bits per heavy atom. The van der Waals surface area contributed by atoms with Crippen molar-refractivity contribution in [1.29, 1.82) is 0 Å². The summed E-state index contributed by atoms with van der Waals surface area (Å²) in [5.41, 5.74) is 3.02. The number of methoxy groups -OCH3 is 2. The number of rotatable bonds is 7. The van der Waals surface area contributed by atoms with Crippen molar-refractivity contribution in [2.75, 3.05) is 14.2 Å². The van der Waals surface area contributed by atoms with Crippen LogP contribution in [-0.2, 0) is 16.4 Å². The van der Waals surface area contributed by atoms with Crippen LogP contribution < -0.4 is 14.6 Å². The van der Waals surface area contributed by atoms with Gasteiger partial charge in [0.05, 0.1) is 19.1 Å². The summed E-state index contributed by atoms with van der Waals surface area (Å²) in [4.78, 5) is 4.78. The number of hydrogen-bond acceptors (Lipinski definition) is 6. The van der Waals surface area contributed by atoms with Crippen molar-refractivity contribution in [3.8, 4) is 34.1 Å². The van der Waals surface area contributed by atoms with Crippen LogP contribution in [0.4, 0.5) is 0 Å². The van der Waals surface area contributed by atoms with E-state index in [0.29, 0.717) is 40.8 Å². The Morgan fingerprint density at radius 1 is 0.938 bits per heavy atom. The maximum Gasteiger partial charge on any atom is 0.238 e. The molecule has 0 bridgehead atoms. The lowest BCUT2D eigenvalue weighted by molar-refractivity contribution is 0.395. The fourth-order valence-electron chi connectivity index (χ4n) is 3.38. The number of nitrogens with zero attached hydrogens (tertiary/aromatic N) is 1. The average Bonchev–Trinajstić information content (AvgIpc) is 3.22. The number of hydrogen-bond donors (Lipinski definition) is 1. The predicted molar refractivity (Wildman–Crippen MR) is 121 cm³/mol. The summed E-state index contributed by atoms with van der Waals surface area (Å²) in [6.45, 7) is 0. The van der Waals surface area contributed by atoms with E-state index in [4.69, 9.17) is 24.0 Å². The van der Waals surface area contributed by atoms with Crippen LogP contribution in [0, 0.1) is 0 Å². The maximum atomic E-state index is 11.6. The second-order valence-corrected chi connectivity index (χ2v) is 8.64. The van der Waals surface area contributed by atoms with Crippen LogP contribution in [0.2, 0.25) is 0 Å². The normalized spacial score (nSPS) is 11.3. The van der Waals surface area contributed by atoms with Gasteiger partial charge in [-0.25, -0.2) is 18.5 Å². The Kier molecular flexibility index (Phi) is 5.98. The zero-order chi connectivity index (χ0) is 22.7. The highest BCUT2D eigenvalue weighted by Crippen LogP contribution is 2.39. The second kappa shape index (κ2) is 8.86. The van der Waals surface area contributed by atoms with Crippen LogP contribution in [0.15, 0.2) is 82.1 Å². The Hall–Kier alpha value is -3.62. The van der Waals surface area contributed by atoms with Gasteiger partial charge in [-0.1, -0.05) is 30.3 Å². The fourth-order valence-corrected chi connectivity index (χ4v) is 3.89. The van der Waals surface area contributed by atoms with E-state index in [-0.39, 0.29) is 4.90 Å². The molecule has 0 atom stereocenters. The predicted octanol–water partition coefficient (Wildman–Crippen LogP) is 4.26. The van der Waals surface area contributed by atoms with E-state index in [2.05, 4.69) is 0 Å². The van der Waals surface area contributed by atoms with E-state index in [1.807, 2.05) is 42.5 Å². The van der Waals surface area contributed by atoms with Crippen LogP contribution in [-0.4, -0.2) is 27.6 Å². The lowest BCUT2D eigenvalue weighted by atomic mass is 10.0. The molecular formula is C24H22N2O5S. The first-order valence-corrected chi connectivity index (χ1v) is 11.3. The lowest BCUT2D eigenvalue weighted by Gasteiger charge is -2.10. The molecule has 0 radical (unpaired) electrons. The van der Waals surface area contributed by atoms with Crippen LogP contribution in [0.1, 0.15) is 11.5 Å². The molecule has 4 aromatic rings. The quantitative estimate of drug-likeness (QED) is 0.451. The van der Waals surface area contributed by atoms with Crippen molar-refractivity contribution >= 4 is 10.0 Å². The summed E-state index contributed by atoms with van der Waals surface area (Å²) in [5, 5.41) is 5.23. The van der Waals surface area contributed by atoms with Gasteiger partial charge >= 0.3 is 0 Å². The largest absolute Gasteiger partial charge is 0.497 e. The van der Waals surface area contributed by atoms with Gasteiger partial charge in [-0.05, 0) is 42.0 Å². The molecule has 4 rings (SSSR count). The van der Waals surface area contributed by atoms with Crippen molar-refractivity contribution in [2.24, 2.45) is 5.14 Å². The molecule has 1 aromatic heterocycles. The molecule has 0 fully saturated rings. The number of benzene rings is 3. The van der Waals surface area contributed by atoms with Crippen molar-refractivity contribution < 1.29 is 22.3 Å². The van der Waals surface area contributed by atoms with Gasteiger partial charge in [0.15, 0.2) is 11.7 Å². The molecule has 1 heterocycles. The van der Waals surface area contributed by atoms with Gasteiger partial charge in [0.1, 0.15) is 17.2 Å². The first-order chi connectivity index (χ1) is 15.4. The van der Waals surface area contributed by atoms with Gasteiger partial charge in [-0.3, -0.25) is 0 Å². The molecule has 0 aliphatic heterocycles. The van der Waals surface area contributed by atoms with Crippen LogP contribution in [0.25, 0.3) is 22.6 Å². The molecule has 0 spiro atoms. The second-order valence-electron chi connectivity index (χ2n) is 7.08. The Labute approximate surface area is 186 Å². The molecule has 0 saturated heterocycles. The molecule has 164 valence electrons. The molecule has 0 aliphatic carbocycles. The Morgan fingerprint density at radius 3 is 2.28 bits per heavy atom. The molecule has 0 aliphatic rings. The monoisotopic (exact) mass is 450 g/mol. The lowest BCUT2D eigenvalue weighted by Crippen LogP contribution is -2.11. The molecule has 0 amide bonds. The third-order valence-electron chi connectivity index (χ3n) is 4.98. The van der Waals surface area contributed by atoms with Crippen LogP contribution in [0.5, 0.6) is 11.5 Å². The maximum absolute atomic E-state index is 11.6. The highest BCUT2D eigenvalue weighted by atomic mass is 32.2. The smallest absolute Gasteiger partial charge is 0.238 e. The van der Waals surface area contributed by atoms with Crippen LogP contribution >= 0.6 is 0 Å². The molecule has 0 saturated carbocycles. The molecule has 2 N–H and O–H groups in total. The van der Waals surface area contributed by atoms with E-state index in [9.17, 15) is 8.42 Å². The first-order valence-electron chi connectivity index (χ1n) is 9.78. The topological polar surface area (TPSA) is 105 Å². The third kappa shape index (κ3) is 4.51. The number of oxazole rings is 1. The molecule has 3 aromatic carbocycles. The number of ether oxygens (including phenoxy) is 2. The minimum Gasteiger partial charge on any atom is -0.497 e. The molecular weight excluding hydrogens is 428 g/mol. The van der Waals surface area contributed by atoms with Gasteiger partial charge in [0.25, 0.3) is 0 Å². The van der Waals surface area contributed by atoms with E-state index < -0.39 is 10.0 Å². The van der Waals surface area contributed by atoms with Gasteiger partial charge in [0.2, 0.25) is 10.0 Å². The van der Waals surface area contributed by atoms with Crippen LogP contribution in [0.3, 0.4) is 0 Å². The Balaban J connectivity index is 1.84. The van der Waals surface area contributed by atoms with Gasteiger partial charge in [0, 0.05) is 23.6 Å². The van der Waals surface area contributed by atoms with E-state index >= 15 is 0 Å². The molecule has 0 unspecified atom stereocenters. The summed E-state index contributed by atoms with van der Waals surface area (Å²) in [7, 11) is -0.640. The Bertz CT molecular complexity index is 1330. The zero-order valence-corrected chi connectivity index (χ0v) is 18.4. The van der Waals surface area contributed by atoms with Crippen molar-refractivity contribution in [2.45, 2.75) is 11.3 Å². The van der Waals surface area contributed by atoms with Crippen molar-refractivity contribution in [1.82, 2.24) is 4.98 Å². The van der Waals surface area contributed by atoms with Crippen molar-refractivity contribution in [3.05, 3.63) is 84.3 Å². The summed E-state index contributed by atoms with van der Waals surface area (Å²) in [6.07, 6.45) is 0.502.